The predicted molar refractivity (Wildman–Crippen MR) is 367 cm³/mol. The van der Waals surface area contributed by atoms with Crippen molar-refractivity contribution in [3.63, 3.8) is 0 Å². The molecule has 0 aliphatic rings. The molecule has 10 heteroatoms. The van der Waals surface area contributed by atoms with Crippen LogP contribution in [0, 0.1) is 0 Å². The quantitative estimate of drug-likeness (QED) is 0.0212. The van der Waals surface area contributed by atoms with Crippen LogP contribution in [0.15, 0.2) is 109 Å². The Bertz CT molecular complexity index is 1820. The summed E-state index contributed by atoms with van der Waals surface area (Å²) in [6.45, 7) is 6.70. The number of phosphoric acid groups is 1. The van der Waals surface area contributed by atoms with Crippen LogP contribution in [-0.4, -0.2) is 69.4 Å². The molecule has 0 aliphatic carbocycles. The fourth-order valence-corrected chi connectivity index (χ4v) is 10.5. The summed E-state index contributed by atoms with van der Waals surface area (Å²) in [5, 5.41) is 3.03. The van der Waals surface area contributed by atoms with E-state index in [1.54, 1.807) is 0 Å². The molecule has 0 radical (unpaired) electrons. The number of unbranched alkanes of at least 4 members (excludes halogenated alkanes) is 31. The van der Waals surface area contributed by atoms with E-state index in [2.05, 4.69) is 123 Å². The van der Waals surface area contributed by atoms with E-state index in [0.717, 1.165) is 96.3 Å². The second-order valence-corrected chi connectivity index (χ2v) is 26.1. The minimum absolute atomic E-state index is 0.0336. The summed E-state index contributed by atoms with van der Waals surface area (Å²) in [5.41, 5.74) is 0. The summed E-state index contributed by atoms with van der Waals surface area (Å²) < 4.78 is 30.4. The second-order valence-electron chi connectivity index (χ2n) is 24.6. The number of nitrogens with zero attached hydrogens (tertiary/aromatic N) is 1. The van der Waals surface area contributed by atoms with Gasteiger partial charge in [-0.2, -0.15) is 0 Å². The molecule has 85 heavy (non-hydrogen) atoms. The van der Waals surface area contributed by atoms with Crippen LogP contribution in [0.2, 0.25) is 0 Å². The molecule has 3 atom stereocenters. The highest BCUT2D eigenvalue weighted by Gasteiger charge is 2.27. The van der Waals surface area contributed by atoms with Gasteiger partial charge in [0.15, 0.2) is 0 Å². The number of carbonyl (C=O) groups excluding carboxylic acids is 2. The highest BCUT2D eigenvalue weighted by Crippen LogP contribution is 2.38. The van der Waals surface area contributed by atoms with E-state index in [-0.39, 0.29) is 24.9 Å². The molecule has 0 aromatic carbocycles. The monoisotopic (exact) mass is 1200 g/mol. The molecule has 0 bridgehead atoms. The third-order valence-electron chi connectivity index (χ3n) is 15.2. The van der Waals surface area contributed by atoms with Gasteiger partial charge >= 0.3 is 5.97 Å². The summed E-state index contributed by atoms with van der Waals surface area (Å²) in [6, 6.07) is -0.914. The maximum Gasteiger partial charge on any atom is 0.306 e. The number of rotatable bonds is 63. The molecule has 490 valence electrons. The van der Waals surface area contributed by atoms with Gasteiger partial charge in [-0.25, -0.2) is 0 Å². The summed E-state index contributed by atoms with van der Waals surface area (Å²) in [5.74, 6) is -0.589. The topological polar surface area (TPSA) is 114 Å². The lowest BCUT2D eigenvalue weighted by molar-refractivity contribution is -0.870. The van der Waals surface area contributed by atoms with Gasteiger partial charge in [-0.05, 0) is 115 Å². The van der Waals surface area contributed by atoms with E-state index in [0.29, 0.717) is 23.9 Å². The standard InChI is InChI=1S/C75H133N2O7P/c1-7-10-13-16-19-22-25-28-30-32-34-36-37-38-39-41-42-44-46-49-52-55-58-61-64-67-74(78)76-72(71-83-85(80,81)82-70-69-77(4,5)6)73(66-63-60-57-54-51-48-27-24-21-18-15-12-9-3)84-75(79)68-65-62-59-56-53-50-47-45-43-40-35-33-31-29-26-23-20-17-14-11-8-2/h11,14,19-20,22-23,28-31,35,40,45,47,53,56,63,66,72-73H,7-10,12-13,15-18,21,24-27,32-34,36-39,41-44,46,48-52,54-55,57-62,64-65,67-71H2,1-6H3,(H-,76,78,80,81)/b14-11-,22-19-,23-20-,30-28-,31-29-,40-35-,47-45-,56-53-,66-63-. The Morgan fingerprint density at radius 2 is 0.753 bits per heavy atom. The van der Waals surface area contributed by atoms with Gasteiger partial charge in [0.1, 0.15) is 19.3 Å². The molecule has 3 unspecified atom stereocenters. The number of nitrogens with one attached hydrogen (secondary N) is 1. The van der Waals surface area contributed by atoms with Gasteiger partial charge in [0.05, 0.1) is 33.8 Å². The Hall–Kier alpha value is -3.33. The number of allylic oxidation sites excluding steroid dienone is 17. The third-order valence-corrected chi connectivity index (χ3v) is 16.2. The van der Waals surface area contributed by atoms with Crippen molar-refractivity contribution in [2.75, 3.05) is 40.9 Å². The van der Waals surface area contributed by atoms with E-state index < -0.39 is 26.6 Å². The maximum atomic E-state index is 13.6. The number of likely N-dealkylation sites (N-methyl/N-ethyl adjacent to an activating group) is 1. The predicted octanol–water partition coefficient (Wildman–Crippen LogP) is 21.8. The molecule has 0 saturated heterocycles. The smallest absolute Gasteiger partial charge is 0.306 e. The van der Waals surface area contributed by atoms with Gasteiger partial charge in [0.2, 0.25) is 5.91 Å². The van der Waals surface area contributed by atoms with E-state index in [1.807, 2.05) is 33.3 Å². The molecular weight excluding hydrogens is 1070 g/mol. The van der Waals surface area contributed by atoms with Gasteiger partial charge in [0, 0.05) is 12.8 Å². The van der Waals surface area contributed by atoms with Crippen molar-refractivity contribution in [1.29, 1.82) is 0 Å². The summed E-state index contributed by atoms with van der Waals surface area (Å²) >= 11 is 0. The Balaban J connectivity index is 5.18. The van der Waals surface area contributed by atoms with Crippen LogP contribution in [-0.2, 0) is 27.9 Å². The number of quaternary nitrogens is 1. The Morgan fingerprint density at radius 3 is 1.16 bits per heavy atom. The van der Waals surface area contributed by atoms with E-state index >= 15 is 0 Å². The average molecular weight is 1210 g/mol. The molecule has 0 aromatic heterocycles. The summed E-state index contributed by atoms with van der Waals surface area (Å²) in [6.07, 6.45) is 87.8. The Morgan fingerprint density at radius 1 is 0.424 bits per heavy atom. The number of esters is 1. The first kappa shape index (κ1) is 81.7. The van der Waals surface area contributed by atoms with Crippen molar-refractivity contribution in [1.82, 2.24) is 5.32 Å². The summed E-state index contributed by atoms with van der Waals surface area (Å²) in [4.78, 5) is 40.2. The number of ether oxygens (including phenoxy) is 1. The van der Waals surface area contributed by atoms with Crippen LogP contribution < -0.4 is 10.2 Å². The SMILES string of the molecule is CC/C=C\C/C=C\C/C=C\C/C=C\C/C=C\C/C=C\CCCCC(=O)OC(/C=C\CCCCCCCCCCCCC)C(COP(=O)([O-])OCC[N+](C)(C)C)NC(=O)CCCCCCCCCCCCCCCCC/C=C\C/C=C\CCCCC. The first-order valence-corrected chi connectivity index (χ1v) is 36.7. The molecule has 0 heterocycles. The lowest BCUT2D eigenvalue weighted by Gasteiger charge is -2.30. The Kier molecular flexibility index (Phi) is 61.2. The van der Waals surface area contributed by atoms with Crippen molar-refractivity contribution < 1.29 is 37.3 Å². The van der Waals surface area contributed by atoms with Gasteiger partial charge in [-0.1, -0.05) is 285 Å². The maximum absolute atomic E-state index is 13.6. The van der Waals surface area contributed by atoms with Crippen molar-refractivity contribution in [2.24, 2.45) is 0 Å². The van der Waals surface area contributed by atoms with Crippen molar-refractivity contribution >= 4 is 19.7 Å². The molecule has 0 spiro atoms. The zero-order chi connectivity index (χ0) is 62.1. The van der Waals surface area contributed by atoms with Gasteiger partial charge in [-0.3, -0.25) is 14.2 Å². The van der Waals surface area contributed by atoms with Crippen LogP contribution in [0.3, 0.4) is 0 Å². The van der Waals surface area contributed by atoms with Gasteiger partial charge < -0.3 is 28.5 Å². The molecule has 9 nitrogen and oxygen atoms in total. The van der Waals surface area contributed by atoms with Crippen LogP contribution in [0.4, 0.5) is 0 Å². The fraction of sp³-hybridized carbons (Fsp3) is 0.733. The minimum Gasteiger partial charge on any atom is -0.756 e. The molecule has 0 aliphatic heterocycles. The number of phosphoric ester groups is 1. The highest BCUT2D eigenvalue weighted by molar-refractivity contribution is 7.45. The van der Waals surface area contributed by atoms with Crippen LogP contribution in [0.25, 0.3) is 0 Å². The molecule has 0 aromatic rings. The first-order valence-electron chi connectivity index (χ1n) is 35.2. The number of hydrogen-bond acceptors (Lipinski definition) is 7. The van der Waals surface area contributed by atoms with E-state index in [1.165, 1.54) is 167 Å². The zero-order valence-electron chi connectivity index (χ0n) is 56.0. The molecule has 1 N–H and O–H groups in total. The molecular formula is C75H133N2O7P. The average Bonchev–Trinajstić information content (AvgIpc) is 3.48. The second kappa shape index (κ2) is 63.7. The van der Waals surface area contributed by atoms with Crippen LogP contribution in [0.5, 0.6) is 0 Å². The number of carbonyl (C=O) groups is 2. The van der Waals surface area contributed by atoms with Crippen molar-refractivity contribution in [3.8, 4) is 0 Å². The summed E-state index contributed by atoms with van der Waals surface area (Å²) in [7, 11) is 1.15. The fourth-order valence-electron chi connectivity index (χ4n) is 9.79. The lowest BCUT2D eigenvalue weighted by atomic mass is 10.0. The number of amides is 1. The number of hydrogen-bond donors (Lipinski definition) is 1. The van der Waals surface area contributed by atoms with Crippen molar-refractivity contribution in [3.05, 3.63) is 109 Å². The van der Waals surface area contributed by atoms with Crippen LogP contribution in [0.1, 0.15) is 303 Å². The lowest BCUT2D eigenvalue weighted by Crippen LogP contribution is -2.47. The van der Waals surface area contributed by atoms with E-state index in [4.69, 9.17) is 13.8 Å². The molecule has 0 rings (SSSR count). The van der Waals surface area contributed by atoms with Crippen molar-refractivity contribution in [2.45, 2.75) is 315 Å². The van der Waals surface area contributed by atoms with Crippen LogP contribution >= 0.6 is 7.82 Å². The molecule has 0 fully saturated rings. The van der Waals surface area contributed by atoms with Gasteiger partial charge in [0.25, 0.3) is 7.82 Å². The third kappa shape index (κ3) is 65.0. The normalized spacial score (nSPS) is 14.2. The molecule has 1 amide bonds. The van der Waals surface area contributed by atoms with E-state index in [9.17, 15) is 19.0 Å². The zero-order valence-corrected chi connectivity index (χ0v) is 56.9. The molecule has 0 saturated carbocycles. The van der Waals surface area contributed by atoms with Gasteiger partial charge in [-0.15, -0.1) is 0 Å². The Labute approximate surface area is 525 Å². The largest absolute Gasteiger partial charge is 0.756 e. The minimum atomic E-state index is -4.72. The highest BCUT2D eigenvalue weighted by atomic mass is 31.2. The first-order chi connectivity index (χ1) is 41.4.